The summed E-state index contributed by atoms with van der Waals surface area (Å²) in [6, 6.07) is 14.9. The fourth-order valence-electron chi connectivity index (χ4n) is 7.54. The minimum absolute atomic E-state index is 0.104. The van der Waals surface area contributed by atoms with E-state index < -0.39 is 31.6 Å². The largest absolute Gasteiger partial charge is 0.395 e. The molecule has 6 rings (SSSR count). The Labute approximate surface area is 258 Å². The van der Waals surface area contributed by atoms with Crippen LogP contribution in [-0.4, -0.2) is 72.7 Å². The Bertz CT molecular complexity index is 1520. The molecule has 6 atom stereocenters. The molecular weight excluding hydrogens is 579 g/mol. The number of hydrogen-bond acceptors (Lipinski definition) is 7. The van der Waals surface area contributed by atoms with Gasteiger partial charge >= 0.3 is 0 Å². The first kappa shape index (κ1) is 30.6. The van der Waals surface area contributed by atoms with Gasteiger partial charge in [0.05, 0.1) is 36.1 Å². The minimum atomic E-state index is -3.33. The van der Waals surface area contributed by atoms with Gasteiger partial charge in [0.15, 0.2) is 5.60 Å². The monoisotopic (exact) mass is 620 g/mol. The molecule has 234 valence electrons. The van der Waals surface area contributed by atoms with Crippen LogP contribution in [0, 0.1) is 5.92 Å². The molecule has 3 aliphatic rings. The molecule has 3 aliphatic heterocycles. The molecule has 3 N–H and O–H groups in total. The average molecular weight is 621 g/mol. The number of halogens is 1. The molecule has 1 spiro atoms. The molecular formula is C32H41FN6O4Si. The summed E-state index contributed by atoms with van der Waals surface area (Å²) in [4.78, 5) is 28.5. The fraction of sp³-hybridized carbons (Fsp3) is 0.500. The number of aliphatic hydroxyl groups excluding tert-OH is 1. The smallest absolute Gasteiger partial charge is 0.264 e. The second kappa shape index (κ2) is 11.8. The molecule has 0 bridgehead atoms. The van der Waals surface area contributed by atoms with Crippen molar-refractivity contribution in [3.05, 3.63) is 71.5 Å². The first-order valence-electron chi connectivity index (χ1n) is 15.4. The van der Waals surface area contributed by atoms with Crippen molar-refractivity contribution in [3.8, 4) is 0 Å². The third kappa shape index (κ3) is 5.27. The second-order valence-electron chi connectivity index (χ2n) is 12.8. The van der Waals surface area contributed by atoms with Crippen molar-refractivity contribution in [2.24, 2.45) is 5.92 Å². The lowest BCUT2D eigenvalue weighted by Gasteiger charge is -2.31. The van der Waals surface area contributed by atoms with Gasteiger partial charge in [-0.15, -0.1) is 5.10 Å². The van der Waals surface area contributed by atoms with Gasteiger partial charge < -0.3 is 29.5 Å². The maximum atomic E-state index is 16.1. The van der Waals surface area contributed by atoms with Gasteiger partial charge in [0.25, 0.3) is 5.91 Å². The number of hydrogen-bond donors (Lipinski definition) is 3. The van der Waals surface area contributed by atoms with Gasteiger partial charge in [0.2, 0.25) is 14.3 Å². The van der Waals surface area contributed by atoms with Crippen molar-refractivity contribution in [1.29, 1.82) is 0 Å². The average Bonchev–Trinajstić information content (AvgIpc) is 3.79. The number of fused-ring (bicyclic) bond motifs is 2. The van der Waals surface area contributed by atoms with Crippen LogP contribution < -0.4 is 15.5 Å². The number of benzene rings is 2. The van der Waals surface area contributed by atoms with E-state index in [1.54, 1.807) is 35.8 Å². The predicted octanol–water partition coefficient (Wildman–Crippen LogP) is 3.93. The lowest BCUT2D eigenvalue weighted by atomic mass is 9.82. The number of ether oxygens (including phenoxy) is 1. The third-order valence-corrected chi connectivity index (χ3v) is 12.1. The van der Waals surface area contributed by atoms with E-state index >= 15 is 4.11 Å². The standard InChI is InChI=1S/C32H41FN6O4Si/c1-20-29(44(3,4)33)28(14-16-39-18-26(36-37-39)23(19-40)21-9-6-5-7-10-21)43-32(20)24-17-22(12-13-27(24)38(2)31(32)42)35-30(41)25-11-8-15-34-25/h5-7,9-10,12-13,17-18,20,23,25,28-29,34,40H,8,11,14-16,19H2,1-4H3,(H,35,41)/t20-,23?,25+,28+,29-,32+/m0/s1. The van der Waals surface area contributed by atoms with Gasteiger partial charge in [0, 0.05) is 42.5 Å². The SMILES string of the molecule is C[C@H]1[C@H]([Si](C)(C)F)[C@@H](CCn2cc(C(CO)c3ccccc3)nn2)O[C@]12C(=O)N(C)c1ccc(NC(=O)[C@H]3CCCN3)cc12. The molecule has 0 aliphatic carbocycles. The Morgan fingerprint density at radius 1 is 1.27 bits per heavy atom. The van der Waals surface area contributed by atoms with Gasteiger partial charge in [-0.3, -0.25) is 14.3 Å². The summed E-state index contributed by atoms with van der Waals surface area (Å²) in [5, 5.41) is 24.9. The van der Waals surface area contributed by atoms with Gasteiger partial charge in [-0.2, -0.15) is 0 Å². The summed E-state index contributed by atoms with van der Waals surface area (Å²) in [5.74, 6) is -1.06. The molecule has 0 radical (unpaired) electrons. The van der Waals surface area contributed by atoms with Crippen LogP contribution in [0.15, 0.2) is 54.7 Å². The highest BCUT2D eigenvalue weighted by Gasteiger charge is 2.66. The number of nitrogens with one attached hydrogen (secondary N) is 2. The molecule has 12 heteroatoms. The molecule has 0 saturated carbocycles. The lowest BCUT2D eigenvalue weighted by molar-refractivity contribution is -0.145. The van der Waals surface area contributed by atoms with Crippen molar-refractivity contribution in [2.75, 3.05) is 30.4 Å². The van der Waals surface area contributed by atoms with Gasteiger partial charge in [-0.05, 0) is 62.7 Å². The molecule has 1 unspecified atom stereocenters. The third-order valence-electron chi connectivity index (χ3n) is 9.68. The summed E-state index contributed by atoms with van der Waals surface area (Å²) in [6.45, 7) is 6.40. The molecule has 44 heavy (non-hydrogen) atoms. The number of aliphatic hydroxyl groups is 1. The topological polar surface area (TPSA) is 122 Å². The molecule has 2 saturated heterocycles. The Morgan fingerprint density at radius 2 is 2.05 bits per heavy atom. The lowest BCUT2D eigenvalue weighted by Crippen LogP contribution is -2.44. The van der Waals surface area contributed by atoms with Crippen LogP contribution in [-0.2, 0) is 26.5 Å². The fourth-order valence-corrected chi connectivity index (χ4v) is 10.1. The van der Waals surface area contributed by atoms with Crippen molar-refractivity contribution >= 4 is 31.6 Å². The van der Waals surface area contributed by atoms with Crippen molar-refractivity contribution in [1.82, 2.24) is 20.3 Å². The molecule has 2 aromatic carbocycles. The number of carbonyl (C=O) groups is 2. The molecule has 3 aromatic rings. The van der Waals surface area contributed by atoms with E-state index in [0.717, 1.165) is 24.9 Å². The van der Waals surface area contributed by atoms with Crippen molar-refractivity contribution < 1.29 is 23.5 Å². The number of rotatable bonds is 9. The quantitative estimate of drug-likeness (QED) is 0.245. The van der Waals surface area contributed by atoms with Crippen LogP contribution in [0.4, 0.5) is 15.5 Å². The Hall–Kier alpha value is -3.45. The van der Waals surface area contributed by atoms with E-state index in [1.807, 2.05) is 55.6 Å². The number of carbonyl (C=O) groups excluding carboxylic acids is 2. The van der Waals surface area contributed by atoms with Gasteiger partial charge in [-0.1, -0.05) is 42.5 Å². The Morgan fingerprint density at radius 3 is 2.73 bits per heavy atom. The maximum Gasteiger partial charge on any atom is 0.264 e. The zero-order valence-corrected chi connectivity index (χ0v) is 26.7. The first-order valence-corrected chi connectivity index (χ1v) is 18.4. The number of aryl methyl sites for hydroxylation is 1. The highest BCUT2D eigenvalue weighted by molar-refractivity contribution is 6.72. The number of nitrogens with zero attached hydrogens (tertiary/aromatic N) is 4. The van der Waals surface area contributed by atoms with E-state index in [4.69, 9.17) is 4.74 Å². The molecule has 4 heterocycles. The molecule has 2 amide bonds. The molecule has 10 nitrogen and oxygen atoms in total. The summed E-state index contributed by atoms with van der Waals surface area (Å²) in [6.07, 6.45) is 3.45. The van der Waals surface area contributed by atoms with E-state index in [2.05, 4.69) is 20.9 Å². The Balaban J connectivity index is 1.26. The maximum absolute atomic E-state index is 16.1. The van der Waals surface area contributed by atoms with Crippen LogP contribution in [0.2, 0.25) is 18.6 Å². The summed E-state index contributed by atoms with van der Waals surface area (Å²) in [5.41, 5.74) is 1.74. The number of aromatic nitrogens is 3. The van der Waals surface area contributed by atoms with E-state index in [-0.39, 0.29) is 30.4 Å². The van der Waals surface area contributed by atoms with Crippen LogP contribution in [0.5, 0.6) is 0 Å². The number of amides is 2. The van der Waals surface area contributed by atoms with Gasteiger partial charge in [0.1, 0.15) is 0 Å². The van der Waals surface area contributed by atoms with Crippen LogP contribution in [0.3, 0.4) is 0 Å². The zero-order valence-electron chi connectivity index (χ0n) is 25.7. The first-order chi connectivity index (χ1) is 21.0. The highest BCUT2D eigenvalue weighted by atomic mass is 28.4. The normalized spacial score (nSPS) is 27.2. The van der Waals surface area contributed by atoms with Crippen molar-refractivity contribution in [2.45, 2.75) is 75.0 Å². The number of likely N-dealkylation sites (N-methyl/N-ethyl adjacent to an activating group) is 1. The van der Waals surface area contributed by atoms with Gasteiger partial charge in [-0.25, -0.2) is 0 Å². The summed E-state index contributed by atoms with van der Waals surface area (Å²) < 4.78 is 24.6. The summed E-state index contributed by atoms with van der Waals surface area (Å²) >= 11 is 0. The number of anilines is 2. The Kier molecular flexibility index (Phi) is 8.20. The second-order valence-corrected chi connectivity index (χ2v) is 16.6. The summed E-state index contributed by atoms with van der Waals surface area (Å²) in [7, 11) is -1.61. The van der Waals surface area contributed by atoms with Crippen molar-refractivity contribution in [3.63, 3.8) is 0 Å². The zero-order chi connectivity index (χ0) is 31.2. The van der Waals surface area contributed by atoms with E-state index in [9.17, 15) is 14.7 Å². The van der Waals surface area contributed by atoms with Crippen LogP contribution >= 0.6 is 0 Å². The van der Waals surface area contributed by atoms with Crippen LogP contribution in [0.1, 0.15) is 48.9 Å². The highest BCUT2D eigenvalue weighted by Crippen LogP contribution is 2.60. The minimum Gasteiger partial charge on any atom is -0.395 e. The molecule has 1 aromatic heterocycles. The molecule has 2 fully saturated rings. The van der Waals surface area contributed by atoms with E-state index in [0.29, 0.717) is 35.6 Å². The predicted molar refractivity (Wildman–Crippen MR) is 168 cm³/mol. The van der Waals surface area contributed by atoms with Crippen LogP contribution in [0.25, 0.3) is 0 Å². The van der Waals surface area contributed by atoms with E-state index in [1.165, 1.54) is 0 Å².